The van der Waals surface area contributed by atoms with Gasteiger partial charge in [0.1, 0.15) is 29.1 Å². The molecule has 3 aromatic carbocycles. The molecule has 0 spiro atoms. The zero-order valence-corrected chi connectivity index (χ0v) is 21.5. The van der Waals surface area contributed by atoms with Crippen molar-refractivity contribution in [2.24, 2.45) is 0 Å². The first-order valence-corrected chi connectivity index (χ1v) is 13.1. The first kappa shape index (κ1) is 24.0. The second-order valence-electron chi connectivity index (χ2n) is 9.28. The molecule has 2 aliphatic rings. The van der Waals surface area contributed by atoms with Crippen molar-refractivity contribution >= 4 is 44.1 Å². The second-order valence-corrected chi connectivity index (χ2v) is 10.3. The van der Waals surface area contributed by atoms with Crippen LogP contribution in [0.4, 0.5) is 5.13 Å². The molecule has 0 bridgehead atoms. The van der Waals surface area contributed by atoms with Crippen LogP contribution in [-0.2, 0) is 16.0 Å². The molecule has 0 aliphatic carbocycles. The number of carbonyl (C=O) groups excluding carboxylic acids is 2. The Balaban J connectivity index is 1.51. The minimum absolute atomic E-state index is 0.0162. The van der Waals surface area contributed by atoms with Gasteiger partial charge in [0.15, 0.2) is 5.13 Å². The van der Waals surface area contributed by atoms with Crippen molar-refractivity contribution in [3.63, 3.8) is 0 Å². The number of nitrogens with zero attached hydrogens (tertiary/aromatic N) is 2. The number of Topliss-reactive ketones (excluding diaryl/α,β-unsaturated/α-hetero) is 1. The minimum atomic E-state index is -0.988. The fraction of sp³-hybridized carbons (Fsp3) is 0.207. The van der Waals surface area contributed by atoms with Crippen LogP contribution in [0.3, 0.4) is 0 Å². The van der Waals surface area contributed by atoms with E-state index >= 15 is 0 Å². The summed E-state index contributed by atoms with van der Waals surface area (Å²) in [6.07, 6.45) is 0.693. The van der Waals surface area contributed by atoms with Crippen LogP contribution < -0.4 is 14.4 Å². The maximum absolute atomic E-state index is 13.5. The van der Waals surface area contributed by atoms with E-state index in [0.717, 1.165) is 16.0 Å². The number of aromatic nitrogens is 1. The van der Waals surface area contributed by atoms with E-state index in [-0.39, 0.29) is 23.2 Å². The summed E-state index contributed by atoms with van der Waals surface area (Å²) in [5, 5.41) is 22.0. The molecule has 1 saturated heterocycles. The van der Waals surface area contributed by atoms with E-state index < -0.39 is 17.7 Å². The van der Waals surface area contributed by atoms with Gasteiger partial charge >= 0.3 is 5.91 Å². The Morgan fingerprint density at radius 3 is 2.79 bits per heavy atom. The largest absolute Gasteiger partial charge is 0.508 e. The van der Waals surface area contributed by atoms with E-state index in [1.54, 1.807) is 42.5 Å². The lowest BCUT2D eigenvalue weighted by Gasteiger charge is -2.23. The number of ketones is 1. The summed E-state index contributed by atoms with van der Waals surface area (Å²) >= 11 is 1.25. The molecule has 6 rings (SSSR count). The van der Waals surface area contributed by atoms with Gasteiger partial charge in [-0.05, 0) is 73.5 Å². The zero-order chi connectivity index (χ0) is 26.6. The summed E-state index contributed by atoms with van der Waals surface area (Å²) in [7, 11) is 0. The summed E-state index contributed by atoms with van der Waals surface area (Å²) in [6.45, 7) is 4.37. The molecule has 0 radical (unpaired) electrons. The van der Waals surface area contributed by atoms with Crippen molar-refractivity contribution in [3.8, 4) is 17.2 Å². The number of ether oxygens (including phenoxy) is 2. The molecular formula is C29H24N2O6S. The number of phenols is 1. The Kier molecular flexibility index (Phi) is 5.80. The number of benzene rings is 3. The third-order valence-corrected chi connectivity index (χ3v) is 7.68. The Bertz CT molecular complexity index is 1640. The van der Waals surface area contributed by atoms with E-state index in [1.165, 1.54) is 28.4 Å². The van der Waals surface area contributed by atoms with Crippen molar-refractivity contribution in [2.75, 3.05) is 11.5 Å². The number of amides is 1. The van der Waals surface area contributed by atoms with Crippen LogP contribution in [0.2, 0.25) is 0 Å². The first-order valence-electron chi connectivity index (χ1n) is 12.3. The highest BCUT2D eigenvalue weighted by molar-refractivity contribution is 7.22. The van der Waals surface area contributed by atoms with E-state index in [4.69, 9.17) is 9.47 Å². The molecule has 0 saturated carbocycles. The highest BCUT2D eigenvalue weighted by Gasteiger charge is 2.48. The Hall–Kier alpha value is -4.37. The Morgan fingerprint density at radius 1 is 1.16 bits per heavy atom. The maximum Gasteiger partial charge on any atom is 0.301 e. The lowest BCUT2D eigenvalue weighted by Crippen LogP contribution is -2.29. The molecule has 0 unspecified atom stereocenters. The first-order chi connectivity index (χ1) is 18.3. The van der Waals surface area contributed by atoms with Gasteiger partial charge in [-0.25, -0.2) is 4.98 Å². The van der Waals surface area contributed by atoms with E-state index in [1.807, 2.05) is 19.9 Å². The summed E-state index contributed by atoms with van der Waals surface area (Å²) in [6, 6.07) is 16.0. The van der Waals surface area contributed by atoms with Gasteiger partial charge in [-0.1, -0.05) is 23.5 Å². The third kappa shape index (κ3) is 3.95. The smallest absolute Gasteiger partial charge is 0.301 e. The van der Waals surface area contributed by atoms with Gasteiger partial charge in [0, 0.05) is 12.0 Å². The molecule has 1 aromatic heterocycles. The fourth-order valence-electron chi connectivity index (χ4n) is 5.02. The van der Waals surface area contributed by atoms with Crippen molar-refractivity contribution in [1.29, 1.82) is 0 Å². The number of thiazole rings is 1. The van der Waals surface area contributed by atoms with Crippen LogP contribution >= 0.6 is 11.3 Å². The van der Waals surface area contributed by atoms with Crippen LogP contribution in [0.1, 0.15) is 36.6 Å². The Morgan fingerprint density at radius 2 is 2.00 bits per heavy atom. The van der Waals surface area contributed by atoms with Gasteiger partial charge in [-0.2, -0.15) is 0 Å². The predicted octanol–water partition coefficient (Wildman–Crippen LogP) is 5.35. The van der Waals surface area contributed by atoms with Crippen molar-refractivity contribution < 1.29 is 29.3 Å². The van der Waals surface area contributed by atoms with E-state index in [0.29, 0.717) is 40.6 Å². The van der Waals surface area contributed by atoms with E-state index in [2.05, 4.69) is 4.98 Å². The molecular weight excluding hydrogens is 504 g/mol. The van der Waals surface area contributed by atoms with Crippen molar-refractivity contribution in [1.82, 2.24) is 4.98 Å². The van der Waals surface area contributed by atoms with Crippen LogP contribution in [0.5, 0.6) is 17.2 Å². The molecule has 192 valence electrons. The highest BCUT2D eigenvalue weighted by atomic mass is 32.1. The van der Waals surface area contributed by atoms with E-state index in [9.17, 15) is 19.8 Å². The molecule has 2 N–H and O–H groups in total. The molecule has 4 aromatic rings. The molecule has 3 heterocycles. The molecule has 38 heavy (non-hydrogen) atoms. The van der Waals surface area contributed by atoms with Gasteiger partial charge in [-0.3, -0.25) is 14.5 Å². The summed E-state index contributed by atoms with van der Waals surface area (Å²) in [5.41, 5.74) is 2.38. The number of aromatic hydroxyl groups is 1. The average Bonchev–Trinajstić information content (AvgIpc) is 3.56. The molecule has 1 fully saturated rings. The fourth-order valence-corrected chi connectivity index (χ4v) is 6.04. The number of phenolic OH excluding ortho intramolecular Hbond substituents is 1. The van der Waals surface area contributed by atoms with Gasteiger partial charge in [0.05, 0.1) is 28.4 Å². The van der Waals surface area contributed by atoms with Crippen LogP contribution in [0.15, 0.2) is 66.2 Å². The molecule has 9 heteroatoms. The number of hydrogen-bond acceptors (Lipinski definition) is 8. The third-order valence-electron chi connectivity index (χ3n) is 6.67. The number of rotatable bonds is 5. The van der Waals surface area contributed by atoms with Gasteiger partial charge in [0.2, 0.25) is 0 Å². The number of anilines is 1. The predicted molar refractivity (Wildman–Crippen MR) is 144 cm³/mol. The Labute approximate surface area is 222 Å². The normalized spacial score (nSPS) is 20.1. The number of carbonyl (C=O) groups is 2. The highest BCUT2D eigenvalue weighted by Crippen LogP contribution is 2.45. The topological polar surface area (TPSA) is 109 Å². The standard InChI is InChI=1S/C29H24N2O6S/c1-3-36-20-8-9-21-23(14-20)38-29(30-21)31-25(16-5-4-6-19(32)13-16)24(27(34)28(31)35)26(33)17-7-10-22-18(12-17)11-15(2)37-22/h4-10,12-15,25,32-33H,3,11H2,1-2H3/t15-,25+/m0/s1. The number of fused-ring (bicyclic) bond motifs is 2. The van der Waals surface area contributed by atoms with Crippen molar-refractivity contribution in [2.45, 2.75) is 32.4 Å². The minimum Gasteiger partial charge on any atom is -0.508 e. The molecule has 8 nitrogen and oxygen atoms in total. The quantitative estimate of drug-likeness (QED) is 0.204. The molecule has 2 atom stereocenters. The molecule has 2 aliphatic heterocycles. The second kappa shape index (κ2) is 9.18. The van der Waals surface area contributed by atoms with Crippen LogP contribution in [-0.4, -0.2) is 39.6 Å². The lowest BCUT2D eigenvalue weighted by molar-refractivity contribution is -0.132. The van der Waals surface area contributed by atoms with Gasteiger partial charge in [-0.15, -0.1) is 0 Å². The average molecular weight is 529 g/mol. The summed E-state index contributed by atoms with van der Waals surface area (Å²) in [4.78, 5) is 32.9. The van der Waals surface area contributed by atoms with Crippen molar-refractivity contribution in [3.05, 3.63) is 82.9 Å². The van der Waals surface area contributed by atoms with Crippen LogP contribution in [0.25, 0.3) is 16.0 Å². The van der Waals surface area contributed by atoms with Gasteiger partial charge < -0.3 is 19.7 Å². The summed E-state index contributed by atoms with van der Waals surface area (Å²) in [5.74, 6) is -0.530. The maximum atomic E-state index is 13.5. The summed E-state index contributed by atoms with van der Waals surface area (Å²) < 4.78 is 12.1. The number of aliphatic hydroxyl groups is 1. The zero-order valence-electron chi connectivity index (χ0n) is 20.7. The van der Waals surface area contributed by atoms with Crippen LogP contribution in [0, 0.1) is 0 Å². The molecule has 1 amide bonds. The SMILES string of the molecule is CCOc1ccc2nc(N3C(=O)C(=O)C(=C(O)c4ccc5c(c4)C[C@H](C)O5)[C@H]3c3cccc(O)c3)sc2c1. The van der Waals surface area contributed by atoms with Gasteiger partial charge in [0.25, 0.3) is 5.78 Å². The number of hydrogen-bond donors (Lipinski definition) is 2. The monoisotopic (exact) mass is 528 g/mol. The number of aliphatic hydroxyl groups excluding tert-OH is 1. The lowest BCUT2D eigenvalue weighted by atomic mass is 9.94.